The smallest absolute Gasteiger partial charge is 0.232 e. The van der Waals surface area contributed by atoms with Crippen LogP contribution in [0.25, 0.3) is 0 Å². The second-order valence-corrected chi connectivity index (χ2v) is 8.17. The number of piperazine rings is 1. The highest BCUT2D eigenvalue weighted by atomic mass is 32.2. The predicted octanol–water partition coefficient (Wildman–Crippen LogP) is 3.13. The fourth-order valence-corrected chi connectivity index (χ4v) is 5.02. The Bertz CT molecular complexity index is 598. The number of thioether (sulfide) groups is 1. The lowest BCUT2D eigenvalue weighted by atomic mass is 10.1. The SMILES string of the molecule is CCCCC1(N2CCN(c3cccc(C)c3C)CC2)NC(=O)CS1. The molecule has 0 aliphatic carbocycles. The van der Waals surface area contributed by atoms with E-state index < -0.39 is 0 Å². The standard InChI is InChI=1S/C19H29N3OS/c1-4-5-9-19(20-18(23)14-24-19)22-12-10-21(11-13-22)17-8-6-7-15(2)16(17)3/h6-8H,4-5,9-14H2,1-3H3,(H,20,23). The molecule has 0 radical (unpaired) electrons. The summed E-state index contributed by atoms with van der Waals surface area (Å²) in [4.78, 5) is 16.7. The van der Waals surface area contributed by atoms with Gasteiger partial charge in [0.15, 0.2) is 0 Å². The number of unbranched alkanes of at least 4 members (excludes halogenated alkanes) is 1. The van der Waals surface area contributed by atoms with Crippen LogP contribution in [0, 0.1) is 13.8 Å². The van der Waals surface area contributed by atoms with E-state index in [9.17, 15) is 4.79 Å². The molecular formula is C19H29N3OS. The van der Waals surface area contributed by atoms with E-state index in [1.54, 1.807) is 11.8 Å². The van der Waals surface area contributed by atoms with E-state index >= 15 is 0 Å². The lowest BCUT2D eigenvalue weighted by Gasteiger charge is -2.46. The van der Waals surface area contributed by atoms with Crippen molar-refractivity contribution in [1.82, 2.24) is 10.2 Å². The normalized spacial score (nSPS) is 25.1. The first-order chi connectivity index (χ1) is 11.6. The van der Waals surface area contributed by atoms with Gasteiger partial charge in [0.05, 0.1) is 5.75 Å². The molecule has 2 saturated heterocycles. The topological polar surface area (TPSA) is 35.6 Å². The zero-order valence-corrected chi connectivity index (χ0v) is 15.9. The van der Waals surface area contributed by atoms with E-state index in [0.717, 1.165) is 39.0 Å². The Morgan fingerprint density at radius 1 is 1.21 bits per heavy atom. The predicted molar refractivity (Wildman–Crippen MR) is 103 cm³/mol. The maximum Gasteiger partial charge on any atom is 0.232 e. The highest BCUT2D eigenvalue weighted by Crippen LogP contribution is 2.37. The highest BCUT2D eigenvalue weighted by molar-refractivity contribution is 8.01. The zero-order chi connectivity index (χ0) is 17.2. The minimum absolute atomic E-state index is 0.166. The Balaban J connectivity index is 1.69. The first-order valence-corrected chi connectivity index (χ1v) is 10.1. The molecule has 3 rings (SSSR count). The van der Waals surface area contributed by atoms with Crippen LogP contribution in [0.1, 0.15) is 37.3 Å². The van der Waals surface area contributed by atoms with Crippen molar-refractivity contribution in [3.63, 3.8) is 0 Å². The first kappa shape index (κ1) is 17.6. The van der Waals surface area contributed by atoms with Gasteiger partial charge >= 0.3 is 0 Å². The molecule has 2 fully saturated rings. The molecule has 1 aromatic rings. The molecule has 132 valence electrons. The number of benzene rings is 1. The van der Waals surface area contributed by atoms with Gasteiger partial charge in [-0.2, -0.15) is 0 Å². The van der Waals surface area contributed by atoms with Crippen molar-refractivity contribution in [1.29, 1.82) is 0 Å². The van der Waals surface area contributed by atoms with Crippen molar-refractivity contribution in [2.45, 2.75) is 45.0 Å². The van der Waals surface area contributed by atoms with Gasteiger partial charge in [0.25, 0.3) is 0 Å². The van der Waals surface area contributed by atoms with Crippen LogP contribution in [0.4, 0.5) is 5.69 Å². The Labute approximate surface area is 150 Å². The van der Waals surface area contributed by atoms with E-state index in [1.165, 1.54) is 23.2 Å². The van der Waals surface area contributed by atoms with Crippen molar-refractivity contribution in [2.75, 3.05) is 36.8 Å². The molecule has 1 amide bonds. The molecule has 2 aliphatic heterocycles. The summed E-state index contributed by atoms with van der Waals surface area (Å²) in [6.45, 7) is 10.7. The molecule has 0 saturated carbocycles. The van der Waals surface area contributed by atoms with Gasteiger partial charge in [-0.1, -0.05) is 25.5 Å². The van der Waals surface area contributed by atoms with E-state index in [1.807, 2.05) is 0 Å². The van der Waals surface area contributed by atoms with Gasteiger partial charge in [0.2, 0.25) is 5.91 Å². The molecule has 24 heavy (non-hydrogen) atoms. The fraction of sp³-hybridized carbons (Fsp3) is 0.632. The lowest BCUT2D eigenvalue weighted by Crippen LogP contribution is -2.60. The summed E-state index contributed by atoms with van der Waals surface area (Å²) in [7, 11) is 0. The van der Waals surface area contributed by atoms with Crippen molar-refractivity contribution in [3.05, 3.63) is 29.3 Å². The van der Waals surface area contributed by atoms with Crippen molar-refractivity contribution < 1.29 is 4.79 Å². The largest absolute Gasteiger partial charge is 0.369 e. The Morgan fingerprint density at radius 2 is 1.96 bits per heavy atom. The summed E-state index contributed by atoms with van der Waals surface area (Å²) in [5, 5.41) is 3.28. The summed E-state index contributed by atoms with van der Waals surface area (Å²) in [6, 6.07) is 6.57. The number of hydrogen-bond donors (Lipinski definition) is 1. The van der Waals surface area contributed by atoms with Crippen LogP contribution in [0.2, 0.25) is 0 Å². The van der Waals surface area contributed by atoms with Crippen LogP contribution in [-0.2, 0) is 4.79 Å². The molecule has 1 unspecified atom stereocenters. The monoisotopic (exact) mass is 347 g/mol. The molecule has 1 atom stereocenters. The molecule has 0 spiro atoms. The van der Waals surface area contributed by atoms with Gasteiger partial charge in [-0.3, -0.25) is 9.69 Å². The number of hydrogen-bond acceptors (Lipinski definition) is 4. The van der Waals surface area contributed by atoms with Crippen LogP contribution in [0.15, 0.2) is 18.2 Å². The molecule has 0 bridgehead atoms. The summed E-state index contributed by atoms with van der Waals surface area (Å²) in [5.74, 6) is 0.786. The number of aryl methyl sites for hydroxylation is 1. The molecule has 1 N–H and O–H groups in total. The maximum absolute atomic E-state index is 11.9. The van der Waals surface area contributed by atoms with Crippen LogP contribution in [0.5, 0.6) is 0 Å². The van der Waals surface area contributed by atoms with Crippen LogP contribution in [-0.4, -0.2) is 47.7 Å². The Kier molecular flexibility index (Phi) is 5.40. The van der Waals surface area contributed by atoms with Crippen molar-refractivity contribution >= 4 is 23.4 Å². The third-order valence-corrected chi connectivity index (χ3v) is 6.80. The van der Waals surface area contributed by atoms with Crippen molar-refractivity contribution in [2.24, 2.45) is 0 Å². The summed E-state index contributed by atoms with van der Waals surface area (Å²) in [5.41, 5.74) is 4.10. The second-order valence-electron chi connectivity index (χ2n) is 6.92. The molecule has 2 aliphatic rings. The zero-order valence-electron chi connectivity index (χ0n) is 15.1. The molecular weight excluding hydrogens is 318 g/mol. The number of rotatable bonds is 5. The average molecular weight is 348 g/mol. The fourth-order valence-electron chi connectivity index (χ4n) is 3.74. The number of carbonyl (C=O) groups excluding carboxylic acids is 1. The number of nitrogens with zero attached hydrogens (tertiary/aromatic N) is 2. The Morgan fingerprint density at radius 3 is 2.58 bits per heavy atom. The van der Waals surface area contributed by atoms with E-state index in [4.69, 9.17) is 0 Å². The van der Waals surface area contributed by atoms with Gasteiger partial charge in [-0.15, -0.1) is 11.8 Å². The Hall–Kier alpha value is -1.20. The molecule has 1 aromatic carbocycles. The summed E-state index contributed by atoms with van der Waals surface area (Å²) in [6.07, 6.45) is 3.37. The first-order valence-electron chi connectivity index (χ1n) is 9.07. The minimum Gasteiger partial charge on any atom is -0.369 e. The quantitative estimate of drug-likeness (QED) is 0.888. The van der Waals surface area contributed by atoms with Crippen LogP contribution in [0.3, 0.4) is 0 Å². The van der Waals surface area contributed by atoms with E-state index in [-0.39, 0.29) is 10.9 Å². The van der Waals surface area contributed by atoms with E-state index in [2.05, 4.69) is 54.1 Å². The lowest BCUT2D eigenvalue weighted by molar-refractivity contribution is -0.120. The average Bonchev–Trinajstić information content (AvgIpc) is 2.98. The number of nitrogens with one attached hydrogen (secondary N) is 1. The van der Waals surface area contributed by atoms with Gasteiger partial charge in [-0.05, 0) is 43.9 Å². The van der Waals surface area contributed by atoms with Crippen molar-refractivity contribution in [3.8, 4) is 0 Å². The number of carbonyl (C=O) groups is 1. The van der Waals surface area contributed by atoms with E-state index in [0.29, 0.717) is 5.75 Å². The molecule has 0 aromatic heterocycles. The highest BCUT2D eigenvalue weighted by Gasteiger charge is 2.44. The summed E-state index contributed by atoms with van der Waals surface area (Å²) >= 11 is 1.79. The third-order valence-electron chi connectivity index (χ3n) is 5.35. The van der Waals surface area contributed by atoms with Gasteiger partial charge in [0.1, 0.15) is 4.99 Å². The minimum atomic E-state index is -0.166. The summed E-state index contributed by atoms with van der Waals surface area (Å²) < 4.78 is 0. The van der Waals surface area contributed by atoms with Gasteiger partial charge in [0, 0.05) is 31.9 Å². The molecule has 4 nitrogen and oxygen atoms in total. The van der Waals surface area contributed by atoms with Crippen LogP contribution < -0.4 is 10.2 Å². The van der Waals surface area contributed by atoms with Gasteiger partial charge in [-0.25, -0.2) is 0 Å². The number of amides is 1. The number of anilines is 1. The molecule has 2 heterocycles. The maximum atomic E-state index is 11.9. The third kappa shape index (κ3) is 3.42. The van der Waals surface area contributed by atoms with Gasteiger partial charge < -0.3 is 10.2 Å². The van der Waals surface area contributed by atoms with Crippen LogP contribution >= 0.6 is 11.8 Å². The second kappa shape index (κ2) is 7.36. The molecule has 5 heteroatoms.